The summed E-state index contributed by atoms with van der Waals surface area (Å²) in [6.45, 7) is 0.416. The molecular formula is C12H9BrFNO. The number of aromatic nitrogens is 1. The third-order valence-corrected chi connectivity index (χ3v) is 2.72. The Balaban J connectivity index is 2.27. The minimum atomic E-state index is -0.256. The van der Waals surface area contributed by atoms with Crippen LogP contribution < -0.4 is 5.43 Å². The first-order chi connectivity index (χ1) is 7.65. The van der Waals surface area contributed by atoms with Crippen molar-refractivity contribution in [1.82, 2.24) is 4.57 Å². The number of hydrogen-bond acceptors (Lipinski definition) is 1. The zero-order valence-electron chi connectivity index (χ0n) is 8.36. The highest BCUT2D eigenvalue weighted by Gasteiger charge is 2.02. The first-order valence-corrected chi connectivity index (χ1v) is 5.54. The molecule has 82 valence electrons. The van der Waals surface area contributed by atoms with Crippen molar-refractivity contribution in [1.29, 1.82) is 0 Å². The van der Waals surface area contributed by atoms with Crippen molar-refractivity contribution in [2.24, 2.45) is 0 Å². The van der Waals surface area contributed by atoms with Crippen molar-refractivity contribution in [2.45, 2.75) is 6.54 Å². The zero-order valence-corrected chi connectivity index (χ0v) is 9.95. The molecule has 0 aliphatic rings. The van der Waals surface area contributed by atoms with E-state index in [1.165, 1.54) is 18.2 Å². The van der Waals surface area contributed by atoms with Crippen molar-refractivity contribution in [2.75, 3.05) is 0 Å². The van der Waals surface area contributed by atoms with Gasteiger partial charge < -0.3 is 4.57 Å². The Morgan fingerprint density at radius 2 is 1.88 bits per heavy atom. The molecule has 1 heterocycles. The van der Waals surface area contributed by atoms with E-state index in [0.717, 1.165) is 0 Å². The van der Waals surface area contributed by atoms with Gasteiger partial charge in [-0.1, -0.05) is 22.0 Å². The number of halogens is 2. The van der Waals surface area contributed by atoms with Crippen molar-refractivity contribution in [3.63, 3.8) is 0 Å². The molecule has 2 rings (SSSR count). The highest BCUT2D eigenvalue weighted by molar-refractivity contribution is 9.10. The third-order valence-electron chi connectivity index (χ3n) is 2.23. The lowest BCUT2D eigenvalue weighted by molar-refractivity contribution is 0.598. The van der Waals surface area contributed by atoms with Gasteiger partial charge in [-0.2, -0.15) is 0 Å². The van der Waals surface area contributed by atoms with E-state index in [4.69, 9.17) is 0 Å². The Hall–Kier alpha value is -1.42. The molecule has 0 bridgehead atoms. The average Bonchev–Trinajstić information content (AvgIpc) is 2.25. The Kier molecular flexibility index (Phi) is 3.19. The predicted octanol–water partition coefficient (Wildman–Crippen LogP) is 2.80. The van der Waals surface area contributed by atoms with Crippen LogP contribution in [0, 0.1) is 5.82 Å². The van der Waals surface area contributed by atoms with Gasteiger partial charge >= 0.3 is 0 Å². The van der Waals surface area contributed by atoms with Gasteiger partial charge in [-0.25, -0.2) is 4.39 Å². The largest absolute Gasteiger partial charge is 0.350 e. The molecule has 0 atom stereocenters. The number of nitrogens with zero attached hydrogens (tertiary/aromatic N) is 1. The Bertz CT molecular complexity index is 545. The minimum Gasteiger partial charge on any atom is -0.350 e. The topological polar surface area (TPSA) is 22.0 Å². The molecule has 2 nitrogen and oxygen atoms in total. The van der Waals surface area contributed by atoms with Crippen LogP contribution in [0.2, 0.25) is 0 Å². The second kappa shape index (κ2) is 4.61. The second-order valence-electron chi connectivity index (χ2n) is 3.44. The molecule has 0 saturated carbocycles. The molecule has 0 unspecified atom stereocenters. The summed E-state index contributed by atoms with van der Waals surface area (Å²) in [5.74, 6) is -0.256. The smallest absolute Gasteiger partial charge is 0.181 e. The predicted molar refractivity (Wildman–Crippen MR) is 63.9 cm³/mol. The van der Waals surface area contributed by atoms with Crippen LogP contribution in [0.15, 0.2) is 52.0 Å². The standard InChI is InChI=1S/C12H9BrFNO/c13-10-2-1-9(12(14)7-10)8-15-5-3-11(16)4-6-15/h1-7H,8H2. The van der Waals surface area contributed by atoms with Gasteiger partial charge in [0.1, 0.15) is 5.82 Å². The molecule has 0 N–H and O–H groups in total. The van der Waals surface area contributed by atoms with Crippen LogP contribution in [0.3, 0.4) is 0 Å². The molecule has 0 radical (unpaired) electrons. The van der Waals surface area contributed by atoms with Crippen LogP contribution in [0.5, 0.6) is 0 Å². The van der Waals surface area contributed by atoms with E-state index >= 15 is 0 Å². The van der Waals surface area contributed by atoms with Crippen molar-refractivity contribution in [3.05, 3.63) is 68.8 Å². The molecule has 1 aromatic heterocycles. The Morgan fingerprint density at radius 3 is 2.50 bits per heavy atom. The fourth-order valence-electron chi connectivity index (χ4n) is 1.40. The molecule has 2 aromatic rings. The summed E-state index contributed by atoms with van der Waals surface area (Å²) < 4.78 is 16.0. The van der Waals surface area contributed by atoms with Gasteiger partial charge in [0.15, 0.2) is 5.43 Å². The van der Waals surface area contributed by atoms with E-state index in [-0.39, 0.29) is 11.2 Å². The van der Waals surface area contributed by atoms with E-state index in [2.05, 4.69) is 15.9 Å². The van der Waals surface area contributed by atoms with Crippen molar-refractivity contribution < 1.29 is 4.39 Å². The van der Waals surface area contributed by atoms with Crippen LogP contribution in [0.4, 0.5) is 4.39 Å². The third kappa shape index (κ3) is 2.58. The highest BCUT2D eigenvalue weighted by atomic mass is 79.9. The summed E-state index contributed by atoms with van der Waals surface area (Å²) in [5, 5.41) is 0. The number of rotatable bonds is 2. The fourth-order valence-corrected chi connectivity index (χ4v) is 1.73. The molecule has 16 heavy (non-hydrogen) atoms. The Morgan fingerprint density at radius 1 is 1.19 bits per heavy atom. The van der Waals surface area contributed by atoms with Gasteiger partial charge in [0.2, 0.25) is 0 Å². The first kappa shape index (κ1) is 11.1. The highest BCUT2D eigenvalue weighted by Crippen LogP contribution is 2.15. The van der Waals surface area contributed by atoms with Gasteiger partial charge in [0.25, 0.3) is 0 Å². The van der Waals surface area contributed by atoms with E-state index in [0.29, 0.717) is 16.6 Å². The first-order valence-electron chi connectivity index (χ1n) is 4.75. The zero-order chi connectivity index (χ0) is 11.5. The lowest BCUT2D eigenvalue weighted by Gasteiger charge is -2.07. The second-order valence-corrected chi connectivity index (χ2v) is 4.36. The van der Waals surface area contributed by atoms with E-state index in [1.807, 2.05) is 0 Å². The molecule has 0 amide bonds. The van der Waals surface area contributed by atoms with E-state index in [9.17, 15) is 9.18 Å². The molecular weight excluding hydrogens is 273 g/mol. The maximum Gasteiger partial charge on any atom is 0.181 e. The summed E-state index contributed by atoms with van der Waals surface area (Å²) in [5.41, 5.74) is 0.541. The lowest BCUT2D eigenvalue weighted by atomic mass is 10.2. The van der Waals surface area contributed by atoms with Crippen LogP contribution >= 0.6 is 15.9 Å². The normalized spacial score (nSPS) is 10.4. The van der Waals surface area contributed by atoms with Gasteiger partial charge in [-0.15, -0.1) is 0 Å². The monoisotopic (exact) mass is 281 g/mol. The summed E-state index contributed by atoms with van der Waals surface area (Å²) in [7, 11) is 0. The molecule has 0 aliphatic heterocycles. The van der Waals surface area contributed by atoms with Crippen molar-refractivity contribution >= 4 is 15.9 Å². The molecule has 0 aliphatic carbocycles. The Labute approximate surface area is 100 Å². The number of pyridine rings is 1. The average molecular weight is 282 g/mol. The van der Waals surface area contributed by atoms with Gasteiger partial charge in [0, 0.05) is 41.1 Å². The number of benzene rings is 1. The molecule has 0 saturated heterocycles. The van der Waals surface area contributed by atoms with E-state index in [1.54, 1.807) is 29.1 Å². The molecule has 0 spiro atoms. The van der Waals surface area contributed by atoms with Crippen LogP contribution in [0.25, 0.3) is 0 Å². The van der Waals surface area contributed by atoms with Gasteiger partial charge in [0.05, 0.1) is 0 Å². The molecule has 0 fully saturated rings. The lowest BCUT2D eigenvalue weighted by Crippen LogP contribution is -2.05. The maximum atomic E-state index is 13.5. The van der Waals surface area contributed by atoms with E-state index < -0.39 is 0 Å². The fraction of sp³-hybridized carbons (Fsp3) is 0.0833. The summed E-state index contributed by atoms with van der Waals surface area (Å²) in [6.07, 6.45) is 3.29. The van der Waals surface area contributed by atoms with Crippen LogP contribution in [-0.2, 0) is 6.54 Å². The maximum absolute atomic E-state index is 13.5. The summed E-state index contributed by atoms with van der Waals surface area (Å²) in [4.78, 5) is 10.9. The van der Waals surface area contributed by atoms with Crippen LogP contribution in [-0.4, -0.2) is 4.57 Å². The molecule has 4 heteroatoms. The van der Waals surface area contributed by atoms with Gasteiger partial charge in [-0.3, -0.25) is 4.79 Å². The van der Waals surface area contributed by atoms with Gasteiger partial charge in [-0.05, 0) is 12.1 Å². The van der Waals surface area contributed by atoms with Crippen LogP contribution in [0.1, 0.15) is 5.56 Å². The minimum absolute atomic E-state index is 0.0486. The quantitative estimate of drug-likeness (QED) is 0.830. The number of hydrogen-bond donors (Lipinski definition) is 0. The van der Waals surface area contributed by atoms with Crippen molar-refractivity contribution in [3.8, 4) is 0 Å². The SMILES string of the molecule is O=c1ccn(Cc2ccc(Br)cc2F)cc1. The summed E-state index contributed by atoms with van der Waals surface area (Å²) in [6, 6.07) is 7.85. The summed E-state index contributed by atoms with van der Waals surface area (Å²) >= 11 is 3.20. The molecule has 1 aromatic carbocycles.